The van der Waals surface area contributed by atoms with Crippen molar-refractivity contribution >= 4 is 23.3 Å². The van der Waals surface area contributed by atoms with Crippen molar-refractivity contribution in [2.24, 2.45) is 5.73 Å². The van der Waals surface area contributed by atoms with Gasteiger partial charge >= 0.3 is 0 Å². The maximum Gasteiger partial charge on any atom is 0.299 e. The number of aromatic nitrogens is 1. The van der Waals surface area contributed by atoms with Crippen molar-refractivity contribution < 1.29 is 9.21 Å². The smallest absolute Gasteiger partial charge is 0.299 e. The molecule has 1 saturated carbocycles. The fraction of sp³-hybridized carbons (Fsp3) is 0.444. The molecule has 7 heteroatoms. The summed E-state index contributed by atoms with van der Waals surface area (Å²) < 4.78 is 5.28. The van der Waals surface area contributed by atoms with Gasteiger partial charge in [0.2, 0.25) is 0 Å². The maximum absolute atomic E-state index is 12.3. The Morgan fingerprint density at radius 1 is 1.28 bits per heavy atom. The van der Waals surface area contributed by atoms with E-state index < -0.39 is 0 Å². The zero-order chi connectivity index (χ0) is 17.2. The van der Waals surface area contributed by atoms with E-state index in [2.05, 4.69) is 27.0 Å². The van der Waals surface area contributed by atoms with Gasteiger partial charge in [-0.25, -0.2) is 4.98 Å². The van der Waals surface area contributed by atoms with Gasteiger partial charge in [0, 0.05) is 24.3 Å². The van der Waals surface area contributed by atoms with E-state index in [1.54, 1.807) is 6.20 Å². The number of oxazole rings is 1. The lowest BCUT2D eigenvalue weighted by Crippen LogP contribution is -2.42. The Bertz CT molecular complexity index is 759. The average Bonchev–Trinajstić information content (AvgIpc) is 3.10. The van der Waals surface area contributed by atoms with Crippen molar-refractivity contribution in [1.82, 2.24) is 10.3 Å². The van der Waals surface area contributed by atoms with E-state index in [-0.39, 0.29) is 18.0 Å². The SMILES string of the molecule is N[C@H]1CCCC[C@H]1Nc1cc2c(c(Nc3ncco3)c1)C(=O)NCC2. The van der Waals surface area contributed by atoms with Crippen molar-refractivity contribution in [1.29, 1.82) is 0 Å². The number of benzene rings is 1. The molecule has 2 atom stereocenters. The number of fused-ring (bicyclic) bond motifs is 1. The lowest BCUT2D eigenvalue weighted by molar-refractivity contribution is 0.0947. The topological polar surface area (TPSA) is 105 Å². The molecule has 0 spiro atoms. The Morgan fingerprint density at radius 3 is 2.96 bits per heavy atom. The molecule has 2 aromatic rings. The second-order valence-electron chi connectivity index (χ2n) is 6.73. The Kier molecular flexibility index (Phi) is 4.31. The first-order valence-corrected chi connectivity index (χ1v) is 8.84. The standard InChI is InChI=1S/C18H23N5O2/c19-13-3-1-2-4-14(13)22-12-9-11-5-6-20-17(24)16(11)15(10-12)23-18-21-7-8-25-18/h7-10,13-14,22H,1-6,19H2,(H,20,24)(H,21,23)/t13-,14+/m0/s1. The number of carbonyl (C=O) groups excluding carboxylic acids is 1. The Morgan fingerprint density at radius 2 is 2.16 bits per heavy atom. The Hall–Kier alpha value is -2.54. The fourth-order valence-electron chi connectivity index (χ4n) is 3.70. The van der Waals surface area contributed by atoms with Crippen molar-refractivity contribution in [3.63, 3.8) is 0 Å². The van der Waals surface area contributed by atoms with Crippen LogP contribution < -0.4 is 21.7 Å². The molecule has 4 rings (SSSR count). The molecule has 1 aromatic carbocycles. The summed E-state index contributed by atoms with van der Waals surface area (Å²) in [7, 11) is 0. The minimum Gasteiger partial charge on any atom is -0.432 e. The van der Waals surface area contributed by atoms with E-state index >= 15 is 0 Å². The summed E-state index contributed by atoms with van der Waals surface area (Å²) in [5.41, 5.74) is 9.62. The molecule has 25 heavy (non-hydrogen) atoms. The minimum absolute atomic E-state index is 0.0729. The van der Waals surface area contributed by atoms with E-state index in [0.717, 1.165) is 30.5 Å². The van der Waals surface area contributed by atoms with E-state index in [0.29, 0.717) is 23.8 Å². The molecule has 132 valence electrons. The molecule has 5 N–H and O–H groups in total. The molecule has 0 unspecified atom stereocenters. The molecule has 0 radical (unpaired) electrons. The quantitative estimate of drug-likeness (QED) is 0.680. The number of nitrogens with zero attached hydrogens (tertiary/aromatic N) is 1. The predicted molar refractivity (Wildman–Crippen MR) is 96.1 cm³/mol. The van der Waals surface area contributed by atoms with Gasteiger partial charge in [-0.05, 0) is 37.0 Å². The molecule has 7 nitrogen and oxygen atoms in total. The van der Waals surface area contributed by atoms with Gasteiger partial charge < -0.3 is 26.1 Å². The molecule has 1 fully saturated rings. The van der Waals surface area contributed by atoms with Crippen LogP contribution >= 0.6 is 0 Å². The highest BCUT2D eigenvalue weighted by molar-refractivity contribution is 6.03. The van der Waals surface area contributed by atoms with Crippen molar-refractivity contribution in [3.8, 4) is 0 Å². The van der Waals surface area contributed by atoms with Gasteiger partial charge in [0.25, 0.3) is 11.9 Å². The van der Waals surface area contributed by atoms with Crippen LogP contribution in [0.2, 0.25) is 0 Å². The van der Waals surface area contributed by atoms with Crippen LogP contribution in [0.25, 0.3) is 0 Å². The van der Waals surface area contributed by atoms with E-state index in [9.17, 15) is 4.79 Å². The van der Waals surface area contributed by atoms with Crippen LogP contribution in [0.1, 0.15) is 41.6 Å². The van der Waals surface area contributed by atoms with Gasteiger partial charge in [-0.15, -0.1) is 0 Å². The highest BCUT2D eigenvalue weighted by atomic mass is 16.4. The highest BCUT2D eigenvalue weighted by Gasteiger charge is 2.25. The molecule has 1 aliphatic heterocycles. The lowest BCUT2D eigenvalue weighted by atomic mass is 9.90. The molecule has 1 aromatic heterocycles. The van der Waals surface area contributed by atoms with Gasteiger partial charge in [-0.2, -0.15) is 0 Å². The van der Waals surface area contributed by atoms with Crippen molar-refractivity contribution in [2.45, 2.75) is 44.2 Å². The fourth-order valence-corrected chi connectivity index (χ4v) is 3.70. The molecular weight excluding hydrogens is 318 g/mol. The third kappa shape index (κ3) is 3.32. The summed E-state index contributed by atoms with van der Waals surface area (Å²) in [5.74, 6) is -0.0729. The van der Waals surface area contributed by atoms with Crippen LogP contribution in [-0.2, 0) is 6.42 Å². The van der Waals surface area contributed by atoms with Gasteiger partial charge in [0.15, 0.2) is 0 Å². The van der Waals surface area contributed by atoms with E-state index in [4.69, 9.17) is 10.2 Å². The maximum atomic E-state index is 12.3. The van der Waals surface area contributed by atoms with Crippen LogP contribution in [-0.4, -0.2) is 29.5 Å². The number of rotatable bonds is 4. The number of hydrogen-bond acceptors (Lipinski definition) is 6. The number of nitrogens with one attached hydrogen (secondary N) is 3. The first-order valence-electron chi connectivity index (χ1n) is 8.84. The second kappa shape index (κ2) is 6.76. The third-order valence-electron chi connectivity index (χ3n) is 4.97. The molecule has 2 heterocycles. The summed E-state index contributed by atoms with van der Waals surface area (Å²) in [6, 6.07) is 4.80. The summed E-state index contributed by atoms with van der Waals surface area (Å²) >= 11 is 0. The number of carbonyl (C=O) groups is 1. The number of nitrogens with two attached hydrogens (primary N) is 1. The van der Waals surface area contributed by atoms with Gasteiger partial charge in [0.1, 0.15) is 6.26 Å². The molecule has 0 bridgehead atoms. The predicted octanol–water partition coefficient (Wildman–Crippen LogP) is 2.39. The van der Waals surface area contributed by atoms with Gasteiger partial charge in [0.05, 0.1) is 17.4 Å². The largest absolute Gasteiger partial charge is 0.432 e. The van der Waals surface area contributed by atoms with Crippen LogP contribution in [0.5, 0.6) is 0 Å². The first kappa shape index (κ1) is 16.0. The molecule has 1 aliphatic carbocycles. The second-order valence-corrected chi connectivity index (χ2v) is 6.73. The average molecular weight is 341 g/mol. The normalized spacial score (nSPS) is 22.8. The molecule has 2 aliphatic rings. The first-order chi connectivity index (χ1) is 12.2. The summed E-state index contributed by atoms with van der Waals surface area (Å²) in [6.07, 6.45) is 8.37. The summed E-state index contributed by atoms with van der Waals surface area (Å²) in [4.78, 5) is 16.4. The summed E-state index contributed by atoms with van der Waals surface area (Å²) in [6.45, 7) is 0.649. The van der Waals surface area contributed by atoms with Crippen LogP contribution in [0.3, 0.4) is 0 Å². The zero-order valence-electron chi connectivity index (χ0n) is 14.0. The number of anilines is 3. The van der Waals surface area contributed by atoms with Crippen molar-refractivity contribution in [3.05, 3.63) is 35.7 Å². The molecule has 0 saturated heterocycles. The van der Waals surface area contributed by atoms with Gasteiger partial charge in [-0.3, -0.25) is 4.79 Å². The van der Waals surface area contributed by atoms with Gasteiger partial charge in [-0.1, -0.05) is 12.8 Å². The number of hydrogen-bond donors (Lipinski definition) is 4. The lowest BCUT2D eigenvalue weighted by Gasteiger charge is -2.31. The molecular formula is C18H23N5O2. The Balaban J connectivity index is 1.67. The monoisotopic (exact) mass is 341 g/mol. The summed E-state index contributed by atoms with van der Waals surface area (Å²) in [5, 5.41) is 9.59. The molecule has 1 amide bonds. The minimum atomic E-state index is -0.0729. The number of amides is 1. The van der Waals surface area contributed by atoms with E-state index in [1.165, 1.54) is 19.1 Å². The van der Waals surface area contributed by atoms with Crippen molar-refractivity contribution in [2.75, 3.05) is 17.2 Å². The van der Waals surface area contributed by atoms with Crippen LogP contribution in [0.4, 0.5) is 17.4 Å². The van der Waals surface area contributed by atoms with Crippen LogP contribution in [0.15, 0.2) is 29.0 Å². The van der Waals surface area contributed by atoms with Crippen LogP contribution in [0, 0.1) is 0 Å². The zero-order valence-corrected chi connectivity index (χ0v) is 14.0. The third-order valence-corrected chi connectivity index (χ3v) is 4.97. The van der Waals surface area contributed by atoms with E-state index in [1.807, 2.05) is 6.07 Å². The Labute approximate surface area is 146 Å². The highest BCUT2D eigenvalue weighted by Crippen LogP contribution is 2.31.